The zero-order valence-electron chi connectivity index (χ0n) is 14.5. The summed E-state index contributed by atoms with van der Waals surface area (Å²) in [6.45, 7) is 0.0687. The number of nitro benzene ring substituents is 1. The van der Waals surface area contributed by atoms with Crippen molar-refractivity contribution in [3.05, 3.63) is 81.6 Å². The van der Waals surface area contributed by atoms with E-state index in [1.165, 1.54) is 18.3 Å². The highest BCUT2D eigenvalue weighted by Crippen LogP contribution is 2.30. The summed E-state index contributed by atoms with van der Waals surface area (Å²) in [4.78, 5) is 22.2. The van der Waals surface area contributed by atoms with Gasteiger partial charge in [0.15, 0.2) is 0 Å². The summed E-state index contributed by atoms with van der Waals surface area (Å²) >= 11 is 5.81. The molecule has 3 aromatic rings. The minimum atomic E-state index is -0.559. The van der Waals surface area contributed by atoms with Crippen LogP contribution in [0.2, 0.25) is 5.02 Å². The molecule has 0 aliphatic carbocycles. The Morgan fingerprint density at radius 2 is 1.96 bits per heavy atom. The first-order valence-corrected chi connectivity index (χ1v) is 8.56. The molecule has 0 radical (unpaired) electrons. The number of hydrogen-bond acceptors (Lipinski definition) is 6. The topological polar surface area (TPSA) is 110 Å². The van der Waals surface area contributed by atoms with Crippen LogP contribution in [-0.2, 0) is 4.79 Å². The highest BCUT2D eigenvalue weighted by Gasteiger charge is 2.15. The first-order valence-electron chi connectivity index (χ1n) is 8.18. The van der Waals surface area contributed by atoms with E-state index >= 15 is 0 Å². The zero-order chi connectivity index (χ0) is 19.9. The van der Waals surface area contributed by atoms with Gasteiger partial charge in [0.2, 0.25) is 0 Å². The molecule has 142 valence electrons. The molecule has 0 unspecified atom stereocenters. The highest BCUT2D eigenvalue weighted by molar-refractivity contribution is 6.32. The molecule has 0 saturated heterocycles. The lowest BCUT2D eigenvalue weighted by molar-refractivity contribution is -0.384. The van der Waals surface area contributed by atoms with Gasteiger partial charge in [0.25, 0.3) is 11.6 Å². The third-order valence-electron chi connectivity index (χ3n) is 3.66. The SMILES string of the molecule is O=C(CNc1ccccc1)N/N=C\c1ccc(-c2ccc(Cl)c([N+](=O)[O-])c2)o1. The number of nitrogens with zero attached hydrogens (tertiary/aromatic N) is 2. The first kappa shape index (κ1) is 19.1. The van der Waals surface area contributed by atoms with Crippen LogP contribution in [0.25, 0.3) is 11.3 Å². The number of nitro groups is 1. The van der Waals surface area contributed by atoms with Crippen LogP contribution < -0.4 is 10.7 Å². The van der Waals surface area contributed by atoms with Gasteiger partial charge in [-0.1, -0.05) is 29.8 Å². The molecule has 0 aliphatic heterocycles. The summed E-state index contributed by atoms with van der Waals surface area (Å²) in [6.07, 6.45) is 1.34. The lowest BCUT2D eigenvalue weighted by atomic mass is 10.1. The van der Waals surface area contributed by atoms with Crippen LogP contribution in [0.15, 0.2) is 70.2 Å². The van der Waals surface area contributed by atoms with Crippen LogP contribution in [0.1, 0.15) is 5.76 Å². The van der Waals surface area contributed by atoms with E-state index in [4.69, 9.17) is 16.0 Å². The number of benzene rings is 2. The van der Waals surface area contributed by atoms with Crippen molar-refractivity contribution in [3.63, 3.8) is 0 Å². The van der Waals surface area contributed by atoms with Crippen molar-refractivity contribution in [3.8, 4) is 11.3 Å². The van der Waals surface area contributed by atoms with Gasteiger partial charge in [0.05, 0.1) is 17.7 Å². The van der Waals surface area contributed by atoms with Crippen LogP contribution in [-0.4, -0.2) is 23.6 Å². The Hall–Kier alpha value is -3.65. The van der Waals surface area contributed by atoms with Crippen molar-refractivity contribution < 1.29 is 14.1 Å². The maximum atomic E-state index is 11.8. The number of carbonyl (C=O) groups is 1. The Bertz CT molecular complexity index is 1020. The Morgan fingerprint density at radius 1 is 1.18 bits per heavy atom. The molecule has 9 heteroatoms. The van der Waals surface area contributed by atoms with Gasteiger partial charge in [-0.05, 0) is 36.4 Å². The maximum Gasteiger partial charge on any atom is 0.288 e. The van der Waals surface area contributed by atoms with Crippen LogP contribution in [0.4, 0.5) is 11.4 Å². The minimum absolute atomic E-state index is 0.0499. The van der Waals surface area contributed by atoms with Crippen molar-refractivity contribution in [1.29, 1.82) is 0 Å². The van der Waals surface area contributed by atoms with Crippen molar-refractivity contribution in [2.45, 2.75) is 0 Å². The second-order valence-corrected chi connectivity index (χ2v) is 6.05. The summed E-state index contributed by atoms with van der Waals surface area (Å²) in [5.74, 6) is 0.474. The van der Waals surface area contributed by atoms with Gasteiger partial charge >= 0.3 is 0 Å². The van der Waals surface area contributed by atoms with E-state index in [1.54, 1.807) is 18.2 Å². The molecule has 2 aromatic carbocycles. The quantitative estimate of drug-likeness (QED) is 0.354. The van der Waals surface area contributed by atoms with Crippen LogP contribution in [0, 0.1) is 10.1 Å². The first-order chi connectivity index (χ1) is 13.5. The lowest BCUT2D eigenvalue weighted by Gasteiger charge is -2.04. The Kier molecular flexibility index (Phi) is 6.03. The number of rotatable bonds is 7. The van der Waals surface area contributed by atoms with Gasteiger partial charge in [0, 0.05) is 17.3 Å². The second-order valence-electron chi connectivity index (χ2n) is 5.64. The van der Waals surface area contributed by atoms with Gasteiger partial charge in [-0.25, -0.2) is 5.43 Å². The molecule has 2 N–H and O–H groups in total. The van der Waals surface area contributed by atoms with E-state index in [9.17, 15) is 14.9 Å². The number of amides is 1. The predicted octanol–water partition coefficient (Wildman–Crippen LogP) is 4.07. The molecule has 0 fully saturated rings. The van der Waals surface area contributed by atoms with Gasteiger partial charge < -0.3 is 9.73 Å². The molecule has 1 aromatic heterocycles. The average molecular weight is 399 g/mol. The zero-order valence-corrected chi connectivity index (χ0v) is 15.2. The number of nitrogens with one attached hydrogen (secondary N) is 2. The predicted molar refractivity (Wildman–Crippen MR) is 106 cm³/mol. The molecular weight excluding hydrogens is 384 g/mol. The van der Waals surface area contributed by atoms with E-state index in [0.717, 1.165) is 5.69 Å². The van der Waals surface area contributed by atoms with Gasteiger partial charge in [0.1, 0.15) is 16.5 Å². The molecule has 8 nitrogen and oxygen atoms in total. The molecular formula is C19H15ClN4O4. The largest absolute Gasteiger partial charge is 0.455 e. The van der Waals surface area contributed by atoms with Gasteiger partial charge in [-0.15, -0.1) is 0 Å². The Morgan fingerprint density at radius 3 is 2.71 bits per heavy atom. The van der Waals surface area contributed by atoms with E-state index in [2.05, 4.69) is 15.8 Å². The van der Waals surface area contributed by atoms with Crippen molar-refractivity contribution in [2.24, 2.45) is 5.10 Å². The molecule has 1 heterocycles. The van der Waals surface area contributed by atoms with Gasteiger partial charge in [-0.3, -0.25) is 14.9 Å². The summed E-state index contributed by atoms with van der Waals surface area (Å²) < 4.78 is 5.57. The van der Waals surface area contributed by atoms with Crippen LogP contribution >= 0.6 is 11.6 Å². The molecule has 0 bridgehead atoms. The molecule has 1 amide bonds. The molecule has 0 aliphatic rings. The summed E-state index contributed by atoms with van der Waals surface area (Å²) in [6, 6.07) is 17.0. The summed E-state index contributed by atoms with van der Waals surface area (Å²) in [7, 11) is 0. The summed E-state index contributed by atoms with van der Waals surface area (Å²) in [5.41, 5.74) is 3.51. The van der Waals surface area contributed by atoms with E-state index in [1.807, 2.05) is 30.3 Å². The molecule has 0 saturated carbocycles. The Balaban J connectivity index is 1.58. The van der Waals surface area contributed by atoms with Crippen molar-refractivity contribution in [1.82, 2.24) is 5.43 Å². The number of halogens is 1. The molecule has 0 spiro atoms. The number of anilines is 1. The van der Waals surface area contributed by atoms with E-state index in [-0.39, 0.29) is 23.2 Å². The standard InChI is InChI=1S/C19H15ClN4O4/c20-16-8-6-13(10-17(16)24(26)27)18-9-7-15(28-18)11-22-23-19(25)12-21-14-4-2-1-3-5-14/h1-11,21H,12H2,(H,23,25)/b22-11-. The lowest BCUT2D eigenvalue weighted by Crippen LogP contribution is -2.25. The monoisotopic (exact) mass is 398 g/mol. The number of hydrogen-bond donors (Lipinski definition) is 2. The second kappa shape index (κ2) is 8.83. The van der Waals surface area contributed by atoms with Gasteiger partial charge in [-0.2, -0.15) is 5.10 Å². The number of para-hydroxylation sites is 1. The molecule has 28 heavy (non-hydrogen) atoms. The van der Waals surface area contributed by atoms with Crippen molar-refractivity contribution in [2.75, 3.05) is 11.9 Å². The average Bonchev–Trinajstić information content (AvgIpc) is 3.16. The highest BCUT2D eigenvalue weighted by atomic mass is 35.5. The van der Waals surface area contributed by atoms with Crippen LogP contribution in [0.5, 0.6) is 0 Å². The number of hydrazone groups is 1. The minimum Gasteiger partial charge on any atom is -0.455 e. The van der Waals surface area contributed by atoms with Crippen LogP contribution in [0.3, 0.4) is 0 Å². The number of carbonyl (C=O) groups excluding carboxylic acids is 1. The smallest absolute Gasteiger partial charge is 0.288 e. The normalized spacial score (nSPS) is 10.8. The fraction of sp³-hybridized carbons (Fsp3) is 0.0526. The maximum absolute atomic E-state index is 11.8. The molecule has 0 atom stereocenters. The fourth-order valence-electron chi connectivity index (χ4n) is 2.33. The van der Waals surface area contributed by atoms with Crippen molar-refractivity contribution >= 4 is 35.1 Å². The van der Waals surface area contributed by atoms with E-state index < -0.39 is 4.92 Å². The fourth-order valence-corrected chi connectivity index (χ4v) is 2.52. The number of furan rings is 1. The summed E-state index contributed by atoms with van der Waals surface area (Å²) in [5, 5.41) is 17.8. The van der Waals surface area contributed by atoms with E-state index in [0.29, 0.717) is 17.1 Å². The third-order valence-corrected chi connectivity index (χ3v) is 3.98. The molecule has 3 rings (SSSR count). The Labute approximate surface area is 165 Å². The third kappa shape index (κ3) is 4.95.